The van der Waals surface area contributed by atoms with E-state index in [-0.39, 0.29) is 24.4 Å². The van der Waals surface area contributed by atoms with Crippen LogP contribution in [0.4, 0.5) is 11.4 Å². The summed E-state index contributed by atoms with van der Waals surface area (Å²) in [5.74, 6) is -0.705. The maximum absolute atomic E-state index is 11.7. The van der Waals surface area contributed by atoms with Crippen LogP contribution in [0.2, 0.25) is 0 Å². The largest absolute Gasteiger partial charge is 0.465 e. The van der Waals surface area contributed by atoms with Crippen LogP contribution in [0.3, 0.4) is 0 Å². The summed E-state index contributed by atoms with van der Waals surface area (Å²) in [7, 11) is 1.19. The van der Waals surface area contributed by atoms with Crippen molar-refractivity contribution in [1.29, 1.82) is 0 Å². The van der Waals surface area contributed by atoms with Gasteiger partial charge >= 0.3 is 5.97 Å². The topological polar surface area (TPSA) is 102 Å². The van der Waals surface area contributed by atoms with E-state index in [4.69, 9.17) is 4.84 Å². The fraction of sp³-hybridized carbons (Fsp3) is 0.364. The third-order valence-corrected chi connectivity index (χ3v) is 2.66. The Kier molecular flexibility index (Phi) is 3.63. The summed E-state index contributed by atoms with van der Waals surface area (Å²) in [6.45, 7) is 0.291. The van der Waals surface area contributed by atoms with E-state index < -0.39 is 17.0 Å². The van der Waals surface area contributed by atoms with Gasteiger partial charge in [-0.2, -0.15) is 0 Å². The molecule has 0 aliphatic carbocycles. The molecule has 19 heavy (non-hydrogen) atoms. The molecule has 1 aromatic carbocycles. The second kappa shape index (κ2) is 5.21. The summed E-state index contributed by atoms with van der Waals surface area (Å²) in [6.07, 6.45) is -0.666. The Balaban J connectivity index is 2.42. The van der Waals surface area contributed by atoms with Gasteiger partial charge in [0.1, 0.15) is 6.61 Å². The number of rotatable bonds is 3. The van der Waals surface area contributed by atoms with Crippen molar-refractivity contribution in [2.24, 2.45) is 0 Å². The third kappa shape index (κ3) is 2.64. The zero-order valence-corrected chi connectivity index (χ0v) is 10.1. The van der Waals surface area contributed by atoms with Crippen LogP contribution in [0.15, 0.2) is 18.2 Å². The van der Waals surface area contributed by atoms with E-state index in [1.54, 1.807) is 0 Å². The normalized spacial score (nSPS) is 18.4. The van der Waals surface area contributed by atoms with E-state index in [0.717, 1.165) is 6.07 Å². The number of aliphatic hydroxyl groups excluding tert-OH is 1. The van der Waals surface area contributed by atoms with Crippen molar-refractivity contribution in [2.75, 3.05) is 25.3 Å². The standard InChI is InChI=1S/C11H12N2O6/c1-18-11(15)9-4-7(13(16)17)2-3-10(9)12-5-8(14)6-19-12/h2-4,8,14H,5-6H2,1H3. The number of hydroxylamine groups is 1. The van der Waals surface area contributed by atoms with Gasteiger partial charge in [0.15, 0.2) is 0 Å². The molecule has 2 rings (SSSR count). The summed E-state index contributed by atoms with van der Waals surface area (Å²) in [4.78, 5) is 27.0. The van der Waals surface area contributed by atoms with Crippen molar-refractivity contribution in [2.45, 2.75) is 6.10 Å². The molecule has 1 N–H and O–H groups in total. The van der Waals surface area contributed by atoms with Crippen LogP contribution >= 0.6 is 0 Å². The van der Waals surface area contributed by atoms with Crippen LogP contribution in [0.5, 0.6) is 0 Å². The van der Waals surface area contributed by atoms with Gasteiger partial charge in [0.05, 0.1) is 35.9 Å². The number of nitro groups is 1. The molecule has 1 saturated heterocycles. The average Bonchev–Trinajstić information content (AvgIpc) is 2.83. The molecule has 1 unspecified atom stereocenters. The first kappa shape index (κ1) is 13.2. The first-order valence-corrected chi connectivity index (χ1v) is 5.48. The molecule has 8 heteroatoms. The number of hydrogen-bond acceptors (Lipinski definition) is 7. The van der Waals surface area contributed by atoms with Crippen molar-refractivity contribution >= 4 is 17.3 Å². The van der Waals surface area contributed by atoms with Gasteiger partial charge in [0.2, 0.25) is 0 Å². The van der Waals surface area contributed by atoms with E-state index in [0.29, 0.717) is 5.69 Å². The first-order valence-electron chi connectivity index (χ1n) is 5.48. The number of carbonyl (C=O) groups excluding carboxylic acids is 1. The minimum atomic E-state index is -0.705. The lowest BCUT2D eigenvalue weighted by Crippen LogP contribution is -2.22. The minimum Gasteiger partial charge on any atom is -0.465 e. The molecule has 0 radical (unpaired) electrons. The van der Waals surface area contributed by atoms with E-state index >= 15 is 0 Å². The van der Waals surface area contributed by atoms with E-state index in [2.05, 4.69) is 4.74 Å². The van der Waals surface area contributed by atoms with Gasteiger partial charge in [-0.1, -0.05) is 0 Å². The van der Waals surface area contributed by atoms with Crippen molar-refractivity contribution in [3.8, 4) is 0 Å². The maximum Gasteiger partial charge on any atom is 0.340 e. The number of non-ortho nitro benzene ring substituents is 1. The zero-order valence-electron chi connectivity index (χ0n) is 10.1. The second-order valence-electron chi connectivity index (χ2n) is 3.96. The number of benzene rings is 1. The van der Waals surface area contributed by atoms with Gasteiger partial charge in [-0.15, -0.1) is 0 Å². The molecule has 0 spiro atoms. The molecule has 1 aliphatic heterocycles. The Morgan fingerprint density at radius 2 is 2.37 bits per heavy atom. The van der Waals surface area contributed by atoms with Gasteiger partial charge in [-0.3, -0.25) is 20.0 Å². The van der Waals surface area contributed by atoms with Crippen LogP contribution in [0.1, 0.15) is 10.4 Å². The van der Waals surface area contributed by atoms with Crippen molar-refractivity contribution < 1.29 is 24.4 Å². The molecule has 1 aliphatic rings. The minimum absolute atomic E-state index is 0.0193. The quantitative estimate of drug-likeness (QED) is 0.483. The molecule has 1 fully saturated rings. The predicted molar refractivity (Wildman–Crippen MR) is 63.7 cm³/mol. The average molecular weight is 268 g/mol. The lowest BCUT2D eigenvalue weighted by Gasteiger charge is -2.18. The summed E-state index contributed by atoms with van der Waals surface area (Å²) < 4.78 is 4.59. The summed E-state index contributed by atoms with van der Waals surface area (Å²) in [6, 6.07) is 3.77. The highest BCUT2D eigenvalue weighted by atomic mass is 16.7. The van der Waals surface area contributed by atoms with Crippen LogP contribution in [-0.2, 0) is 9.57 Å². The number of ether oxygens (including phenoxy) is 1. The lowest BCUT2D eigenvalue weighted by atomic mass is 10.1. The van der Waals surface area contributed by atoms with Crippen molar-refractivity contribution in [1.82, 2.24) is 0 Å². The number of hydrogen-bond donors (Lipinski definition) is 1. The monoisotopic (exact) mass is 268 g/mol. The Hall–Kier alpha value is -2.19. The number of β-amino-alcohol motifs (C(OH)–C–C–N with tert-alkyl or cyclic N) is 1. The number of aliphatic hydroxyl groups is 1. The third-order valence-electron chi connectivity index (χ3n) is 2.66. The fourth-order valence-corrected chi connectivity index (χ4v) is 1.77. The number of esters is 1. The summed E-state index contributed by atoms with van der Waals surface area (Å²) >= 11 is 0. The van der Waals surface area contributed by atoms with Gasteiger partial charge in [-0.25, -0.2) is 4.79 Å². The number of nitrogens with zero attached hydrogens (tertiary/aromatic N) is 2. The SMILES string of the molecule is COC(=O)c1cc([N+](=O)[O-])ccc1N1CC(O)CO1. The maximum atomic E-state index is 11.7. The van der Waals surface area contributed by atoms with Gasteiger partial charge in [0, 0.05) is 12.1 Å². The van der Waals surface area contributed by atoms with E-state index in [1.165, 1.54) is 24.3 Å². The predicted octanol–water partition coefficient (Wildman–Crippen LogP) is 0.494. The molecule has 102 valence electrons. The second-order valence-corrected chi connectivity index (χ2v) is 3.96. The van der Waals surface area contributed by atoms with Gasteiger partial charge in [-0.05, 0) is 6.07 Å². The Labute approximate surface area is 108 Å². The fourth-order valence-electron chi connectivity index (χ4n) is 1.77. The number of methoxy groups -OCH3 is 1. The van der Waals surface area contributed by atoms with Crippen LogP contribution in [-0.4, -0.2) is 42.4 Å². The Morgan fingerprint density at radius 1 is 1.63 bits per heavy atom. The molecule has 0 amide bonds. The smallest absolute Gasteiger partial charge is 0.340 e. The van der Waals surface area contributed by atoms with E-state index in [9.17, 15) is 20.0 Å². The van der Waals surface area contributed by atoms with Crippen molar-refractivity contribution in [3.05, 3.63) is 33.9 Å². The highest BCUT2D eigenvalue weighted by Gasteiger charge is 2.27. The molecular weight excluding hydrogens is 256 g/mol. The summed E-state index contributed by atoms with van der Waals surface area (Å²) in [5, 5.41) is 21.4. The van der Waals surface area contributed by atoms with Crippen LogP contribution in [0, 0.1) is 10.1 Å². The Bertz CT molecular complexity index is 518. The molecule has 0 aromatic heterocycles. The highest BCUT2D eigenvalue weighted by Crippen LogP contribution is 2.28. The summed E-state index contributed by atoms with van der Waals surface area (Å²) in [5.41, 5.74) is 0.128. The number of nitro benzene ring substituents is 1. The molecule has 0 saturated carbocycles. The first-order chi connectivity index (χ1) is 9.02. The lowest BCUT2D eigenvalue weighted by molar-refractivity contribution is -0.384. The Morgan fingerprint density at radius 3 is 2.89 bits per heavy atom. The molecule has 1 atom stereocenters. The zero-order chi connectivity index (χ0) is 14.0. The number of anilines is 1. The molecular formula is C11H12N2O6. The van der Waals surface area contributed by atoms with Gasteiger partial charge < -0.3 is 9.84 Å². The van der Waals surface area contributed by atoms with Crippen LogP contribution in [0.25, 0.3) is 0 Å². The molecule has 8 nitrogen and oxygen atoms in total. The van der Waals surface area contributed by atoms with E-state index in [1.807, 2.05) is 0 Å². The number of carbonyl (C=O) groups is 1. The highest BCUT2D eigenvalue weighted by molar-refractivity contribution is 5.96. The van der Waals surface area contributed by atoms with Crippen LogP contribution < -0.4 is 5.06 Å². The molecule has 1 heterocycles. The molecule has 1 aromatic rings. The molecule has 0 bridgehead atoms. The van der Waals surface area contributed by atoms with Gasteiger partial charge in [0.25, 0.3) is 5.69 Å². The van der Waals surface area contributed by atoms with Crippen molar-refractivity contribution in [3.63, 3.8) is 0 Å².